The Hall–Kier alpha value is -2.38. The second kappa shape index (κ2) is 13.0. The second-order valence-electron chi connectivity index (χ2n) is 6.34. The zero-order valence-electron chi connectivity index (χ0n) is 16.4. The second-order valence-corrected chi connectivity index (χ2v) is 7.32. The first kappa shape index (κ1) is 26.6. The van der Waals surface area contributed by atoms with Crippen LogP contribution in [0.15, 0.2) is 0 Å². The molecule has 5 unspecified atom stereocenters. The van der Waals surface area contributed by atoms with Crippen molar-refractivity contribution in [2.45, 2.75) is 57.0 Å². The van der Waals surface area contributed by atoms with E-state index in [0.717, 1.165) is 0 Å². The van der Waals surface area contributed by atoms with Crippen LogP contribution >= 0.6 is 11.8 Å². The summed E-state index contributed by atoms with van der Waals surface area (Å²) in [5.74, 6) is -4.84. The minimum Gasteiger partial charge on any atom is -0.481 e. The Morgan fingerprint density at radius 1 is 0.931 bits per heavy atom. The van der Waals surface area contributed by atoms with Crippen LogP contribution in [-0.2, 0) is 24.0 Å². The fraction of sp³-hybridized carbons (Fsp3) is 0.688. The number of thioether (sulfide) groups is 1. The Kier molecular flexibility index (Phi) is 11.9. The van der Waals surface area contributed by atoms with Crippen LogP contribution in [0.1, 0.15) is 26.7 Å². The monoisotopic (exact) mass is 436 g/mol. The van der Waals surface area contributed by atoms with Crippen LogP contribution in [0.5, 0.6) is 0 Å². The van der Waals surface area contributed by atoms with Gasteiger partial charge in [0, 0.05) is 0 Å². The number of carboxylic acid groups (broad SMARTS) is 2. The zero-order valence-corrected chi connectivity index (χ0v) is 17.2. The summed E-state index contributed by atoms with van der Waals surface area (Å²) in [4.78, 5) is 58.4. The highest BCUT2D eigenvalue weighted by Crippen LogP contribution is 2.04. The van der Waals surface area contributed by atoms with Crippen molar-refractivity contribution in [1.29, 1.82) is 0 Å². The van der Waals surface area contributed by atoms with Crippen LogP contribution in [0.4, 0.5) is 0 Å². The Morgan fingerprint density at radius 2 is 1.48 bits per heavy atom. The molecule has 0 aliphatic heterocycles. The molecule has 0 saturated heterocycles. The Bertz CT molecular complexity index is 616. The summed E-state index contributed by atoms with van der Waals surface area (Å²) in [5.41, 5.74) is 5.48. The third-order valence-electron chi connectivity index (χ3n) is 3.81. The molecule has 0 fully saturated rings. The van der Waals surface area contributed by atoms with Crippen molar-refractivity contribution < 1.29 is 39.3 Å². The molecule has 3 amide bonds. The number of nitrogens with one attached hydrogen (secondary N) is 3. The summed E-state index contributed by atoms with van der Waals surface area (Å²) >= 11 is 1.38. The summed E-state index contributed by atoms with van der Waals surface area (Å²) in [6.45, 7) is 2.66. The predicted molar refractivity (Wildman–Crippen MR) is 104 cm³/mol. The van der Waals surface area contributed by atoms with Crippen molar-refractivity contribution in [2.24, 2.45) is 5.73 Å². The number of carboxylic acids is 2. The first-order valence-corrected chi connectivity index (χ1v) is 10.1. The summed E-state index contributed by atoms with van der Waals surface area (Å²) < 4.78 is 0. The third-order valence-corrected chi connectivity index (χ3v) is 4.46. The summed E-state index contributed by atoms with van der Waals surface area (Å²) in [5, 5.41) is 33.9. The Balaban J connectivity index is 5.10. The molecular weight excluding hydrogens is 408 g/mol. The van der Waals surface area contributed by atoms with Crippen LogP contribution in [0, 0.1) is 0 Å². The molecule has 5 atom stereocenters. The van der Waals surface area contributed by atoms with Gasteiger partial charge in [0.1, 0.15) is 24.2 Å². The van der Waals surface area contributed by atoms with E-state index in [2.05, 4.69) is 16.0 Å². The predicted octanol–water partition coefficient (Wildman–Crippen LogP) is -2.52. The van der Waals surface area contributed by atoms with Crippen molar-refractivity contribution in [3.63, 3.8) is 0 Å². The number of nitrogens with two attached hydrogens (primary N) is 1. The van der Waals surface area contributed by atoms with Crippen LogP contribution in [0.2, 0.25) is 0 Å². The van der Waals surface area contributed by atoms with E-state index in [0.29, 0.717) is 5.75 Å². The van der Waals surface area contributed by atoms with Crippen LogP contribution < -0.4 is 21.7 Å². The Labute approximate surface area is 172 Å². The van der Waals surface area contributed by atoms with Crippen LogP contribution in [-0.4, -0.2) is 87.3 Å². The van der Waals surface area contributed by atoms with Gasteiger partial charge in [-0.25, -0.2) is 4.79 Å². The van der Waals surface area contributed by atoms with Crippen molar-refractivity contribution in [3.05, 3.63) is 0 Å². The van der Waals surface area contributed by atoms with Gasteiger partial charge in [0.25, 0.3) is 0 Å². The molecule has 0 rings (SSSR count). The molecule has 0 aliphatic carbocycles. The summed E-state index contributed by atoms with van der Waals surface area (Å²) in [6, 6.07) is -5.13. The van der Waals surface area contributed by atoms with Gasteiger partial charge in [0.05, 0.1) is 12.5 Å². The number of carbonyl (C=O) groups excluding carboxylic acids is 3. The number of hydrogen-bond donors (Lipinski definition) is 7. The van der Waals surface area contributed by atoms with Crippen molar-refractivity contribution in [1.82, 2.24) is 16.0 Å². The molecule has 0 spiro atoms. The average molecular weight is 436 g/mol. The molecule has 0 aliphatic rings. The molecule has 0 heterocycles. The molecule has 166 valence electrons. The molecule has 29 heavy (non-hydrogen) atoms. The fourth-order valence-electron chi connectivity index (χ4n) is 2.04. The SMILES string of the molecule is CSCCC(NC(=O)C(C)NC(=O)C(N)C(C)O)C(=O)NC(CC(=O)O)C(=O)O. The van der Waals surface area contributed by atoms with E-state index in [4.69, 9.17) is 15.9 Å². The van der Waals surface area contributed by atoms with Gasteiger partial charge >= 0.3 is 11.9 Å². The maximum Gasteiger partial charge on any atom is 0.326 e. The molecule has 0 aromatic carbocycles. The first-order chi connectivity index (χ1) is 13.4. The van der Waals surface area contributed by atoms with Gasteiger partial charge in [0.15, 0.2) is 0 Å². The van der Waals surface area contributed by atoms with Crippen LogP contribution in [0.25, 0.3) is 0 Å². The third kappa shape index (κ3) is 10.1. The minimum atomic E-state index is -1.66. The number of aliphatic hydroxyl groups is 1. The summed E-state index contributed by atoms with van der Waals surface area (Å²) in [6.07, 6.45) is -0.0470. The topological polar surface area (TPSA) is 208 Å². The van der Waals surface area contributed by atoms with E-state index >= 15 is 0 Å². The highest BCUT2D eigenvalue weighted by Gasteiger charge is 2.30. The van der Waals surface area contributed by atoms with E-state index in [1.165, 1.54) is 25.6 Å². The number of aliphatic carboxylic acids is 2. The van der Waals surface area contributed by atoms with Gasteiger partial charge < -0.3 is 37.0 Å². The standard InChI is InChI=1S/C16H28N4O8S/c1-7(18-15(26)12(17)8(2)21)13(24)19-9(4-5-29-3)14(25)20-10(16(27)28)6-11(22)23/h7-10,12,21H,4-6,17H2,1-3H3,(H,18,26)(H,19,24)(H,20,25)(H,22,23)(H,27,28). The average Bonchev–Trinajstić information content (AvgIpc) is 2.62. The van der Waals surface area contributed by atoms with Gasteiger partial charge in [-0.3, -0.25) is 19.2 Å². The number of carbonyl (C=O) groups is 5. The van der Waals surface area contributed by atoms with Gasteiger partial charge in [-0.15, -0.1) is 0 Å². The molecule has 13 heteroatoms. The van der Waals surface area contributed by atoms with E-state index in [1.54, 1.807) is 6.26 Å². The molecule has 0 bridgehead atoms. The molecule has 0 saturated carbocycles. The van der Waals surface area contributed by atoms with Crippen molar-refractivity contribution in [3.8, 4) is 0 Å². The van der Waals surface area contributed by atoms with Gasteiger partial charge in [-0.05, 0) is 32.3 Å². The quantitative estimate of drug-likeness (QED) is 0.161. The minimum absolute atomic E-state index is 0.145. The Morgan fingerprint density at radius 3 is 1.93 bits per heavy atom. The number of rotatable bonds is 13. The molecule has 8 N–H and O–H groups in total. The van der Waals surface area contributed by atoms with E-state index < -0.39 is 66.4 Å². The van der Waals surface area contributed by atoms with E-state index in [9.17, 15) is 29.1 Å². The zero-order chi connectivity index (χ0) is 22.7. The highest BCUT2D eigenvalue weighted by atomic mass is 32.2. The maximum absolute atomic E-state index is 12.4. The number of amides is 3. The lowest BCUT2D eigenvalue weighted by molar-refractivity contribution is -0.147. The fourth-order valence-corrected chi connectivity index (χ4v) is 2.51. The number of aliphatic hydroxyl groups excluding tert-OH is 1. The van der Waals surface area contributed by atoms with Gasteiger partial charge in [0.2, 0.25) is 17.7 Å². The molecule has 0 aromatic heterocycles. The number of hydrogen-bond acceptors (Lipinski definition) is 8. The molecule has 0 aromatic rings. The van der Waals surface area contributed by atoms with Crippen molar-refractivity contribution in [2.75, 3.05) is 12.0 Å². The smallest absolute Gasteiger partial charge is 0.326 e. The molecular formula is C16H28N4O8S. The van der Waals surface area contributed by atoms with E-state index in [-0.39, 0.29) is 6.42 Å². The molecule has 12 nitrogen and oxygen atoms in total. The van der Waals surface area contributed by atoms with Gasteiger partial charge in [-0.1, -0.05) is 0 Å². The van der Waals surface area contributed by atoms with Crippen molar-refractivity contribution >= 4 is 41.4 Å². The lowest BCUT2D eigenvalue weighted by Crippen LogP contribution is -2.57. The van der Waals surface area contributed by atoms with E-state index in [1.807, 2.05) is 0 Å². The normalized spacial score (nSPS) is 15.9. The maximum atomic E-state index is 12.4. The van der Waals surface area contributed by atoms with Gasteiger partial charge in [-0.2, -0.15) is 11.8 Å². The lowest BCUT2D eigenvalue weighted by Gasteiger charge is -2.23. The highest BCUT2D eigenvalue weighted by molar-refractivity contribution is 7.98. The van der Waals surface area contributed by atoms with Crippen LogP contribution in [0.3, 0.4) is 0 Å². The molecule has 0 radical (unpaired) electrons. The first-order valence-electron chi connectivity index (χ1n) is 8.69. The lowest BCUT2D eigenvalue weighted by atomic mass is 10.1. The largest absolute Gasteiger partial charge is 0.481 e. The summed E-state index contributed by atoms with van der Waals surface area (Å²) in [7, 11) is 0.